The minimum absolute atomic E-state index is 0.0147. The third-order valence-corrected chi connectivity index (χ3v) is 9.53. The van der Waals surface area contributed by atoms with E-state index in [0.29, 0.717) is 40.1 Å². The molecule has 0 radical (unpaired) electrons. The van der Waals surface area contributed by atoms with Gasteiger partial charge in [0.2, 0.25) is 11.7 Å². The lowest BCUT2D eigenvalue weighted by Gasteiger charge is -2.33. The van der Waals surface area contributed by atoms with Crippen LogP contribution >= 0.6 is 0 Å². The molecular weight excluding hydrogens is 611 g/mol. The van der Waals surface area contributed by atoms with Crippen molar-refractivity contribution in [3.63, 3.8) is 0 Å². The lowest BCUT2D eigenvalue weighted by molar-refractivity contribution is -0.127. The first-order valence-electron chi connectivity index (χ1n) is 16.9. The summed E-state index contributed by atoms with van der Waals surface area (Å²) in [5, 5.41) is 16.1. The number of hydrogen-bond acceptors (Lipinski definition) is 7. The van der Waals surface area contributed by atoms with Gasteiger partial charge in [0.25, 0.3) is 5.91 Å². The molecule has 2 aliphatic carbocycles. The van der Waals surface area contributed by atoms with Gasteiger partial charge in [0, 0.05) is 17.3 Å². The highest BCUT2D eigenvalue weighted by Gasteiger charge is 2.35. The number of aromatic nitrogens is 4. The number of hydrogen-bond donors (Lipinski definition) is 1. The Hall–Kier alpha value is -4.80. The summed E-state index contributed by atoms with van der Waals surface area (Å²) in [6, 6.07) is 18.0. The summed E-state index contributed by atoms with van der Waals surface area (Å²) in [7, 11) is 3.10. The molecule has 252 valence electrons. The maximum absolute atomic E-state index is 14.4. The number of nitrogens with zero attached hydrogens (tertiary/aromatic N) is 5. The van der Waals surface area contributed by atoms with E-state index in [1.165, 1.54) is 46.7 Å². The molecule has 10 nitrogen and oxygen atoms in total. The molecule has 0 unspecified atom stereocenters. The van der Waals surface area contributed by atoms with E-state index >= 15 is 0 Å². The van der Waals surface area contributed by atoms with E-state index in [1.54, 1.807) is 44.6 Å². The molecule has 2 aliphatic rings. The summed E-state index contributed by atoms with van der Waals surface area (Å²) < 4.78 is 24.9. The molecule has 2 fully saturated rings. The lowest BCUT2D eigenvalue weighted by atomic mass is 9.84. The van der Waals surface area contributed by atoms with Crippen LogP contribution in [0, 0.1) is 5.82 Å². The van der Waals surface area contributed by atoms with Crippen molar-refractivity contribution in [2.75, 3.05) is 19.1 Å². The van der Waals surface area contributed by atoms with Crippen LogP contribution in [-0.2, 0) is 16.1 Å². The van der Waals surface area contributed by atoms with Crippen molar-refractivity contribution < 1.29 is 23.5 Å². The first-order valence-corrected chi connectivity index (χ1v) is 16.9. The van der Waals surface area contributed by atoms with Crippen LogP contribution in [0.1, 0.15) is 87.3 Å². The summed E-state index contributed by atoms with van der Waals surface area (Å²) in [6.45, 7) is -0.279. The molecule has 1 N–H and O–H groups in total. The molecule has 6 rings (SSSR count). The third-order valence-electron chi connectivity index (χ3n) is 9.53. The first kappa shape index (κ1) is 33.1. The Morgan fingerprint density at radius 1 is 0.875 bits per heavy atom. The van der Waals surface area contributed by atoms with Crippen LogP contribution in [0.2, 0.25) is 0 Å². The van der Waals surface area contributed by atoms with Gasteiger partial charge in [-0.05, 0) is 90.4 Å². The van der Waals surface area contributed by atoms with Crippen LogP contribution in [0.5, 0.6) is 11.5 Å². The molecule has 2 amide bonds. The van der Waals surface area contributed by atoms with Crippen molar-refractivity contribution in [1.82, 2.24) is 25.5 Å². The summed E-state index contributed by atoms with van der Waals surface area (Å²) in [5.41, 5.74) is 2.94. The Kier molecular flexibility index (Phi) is 10.6. The van der Waals surface area contributed by atoms with Gasteiger partial charge < -0.3 is 14.8 Å². The van der Waals surface area contributed by atoms with Crippen LogP contribution in [-0.4, -0.2) is 52.3 Å². The maximum Gasteiger partial charge on any atom is 0.251 e. The monoisotopic (exact) mass is 654 g/mol. The van der Waals surface area contributed by atoms with Gasteiger partial charge in [-0.25, -0.2) is 4.39 Å². The number of carbonyl (C=O) groups is 2. The zero-order valence-corrected chi connectivity index (χ0v) is 27.6. The van der Waals surface area contributed by atoms with E-state index in [0.717, 1.165) is 44.9 Å². The highest BCUT2D eigenvalue weighted by atomic mass is 19.1. The van der Waals surface area contributed by atoms with Gasteiger partial charge in [-0.1, -0.05) is 62.8 Å². The van der Waals surface area contributed by atoms with Crippen LogP contribution in [0.3, 0.4) is 0 Å². The molecule has 4 aromatic rings. The minimum atomic E-state index is -1.05. The standard InChI is InChI=1S/C37H43FN6O4/c1-47-32-22-17-28(23-33(32)48-2)36-40-42-43(41-36)24-34(45)44(31-20-15-26(16-21-31)25-9-5-3-6-10-25)35(27-13-18-29(38)19-14-27)37(46)39-30-11-7-4-8-12-30/h13-23,25,30,35H,3-12,24H2,1-2H3,(H,39,46)/t35-/m0/s1. The third kappa shape index (κ3) is 7.67. The van der Waals surface area contributed by atoms with Crippen molar-refractivity contribution in [2.45, 2.75) is 88.8 Å². The number of tetrazole rings is 1. The average molecular weight is 655 g/mol. The molecule has 0 aliphatic heterocycles. The van der Waals surface area contributed by atoms with Crippen LogP contribution in [0.4, 0.5) is 10.1 Å². The molecule has 11 heteroatoms. The number of rotatable bonds is 11. The molecule has 48 heavy (non-hydrogen) atoms. The SMILES string of the molecule is COc1ccc(-c2nnn(CC(=O)N(c3ccc(C4CCCCC4)cc3)[C@H](C(=O)NC3CCCCC3)c3ccc(F)cc3)n2)cc1OC. The largest absolute Gasteiger partial charge is 0.493 e. The van der Waals surface area contributed by atoms with Gasteiger partial charge in [0.1, 0.15) is 18.4 Å². The Labute approximate surface area is 280 Å². The highest BCUT2D eigenvalue weighted by Crippen LogP contribution is 2.36. The van der Waals surface area contributed by atoms with Gasteiger partial charge in [-0.2, -0.15) is 4.80 Å². The summed E-state index contributed by atoms with van der Waals surface area (Å²) in [5.74, 6) is 0.713. The Morgan fingerprint density at radius 2 is 1.54 bits per heavy atom. The number of anilines is 1. The minimum Gasteiger partial charge on any atom is -0.493 e. The van der Waals surface area contributed by atoms with E-state index in [-0.39, 0.29) is 18.5 Å². The van der Waals surface area contributed by atoms with E-state index in [1.807, 2.05) is 12.1 Å². The summed E-state index contributed by atoms with van der Waals surface area (Å²) >= 11 is 0. The zero-order chi connectivity index (χ0) is 33.5. The molecule has 0 bridgehead atoms. The molecule has 1 aromatic heterocycles. The van der Waals surface area contributed by atoms with Gasteiger partial charge in [-0.3, -0.25) is 14.5 Å². The Balaban J connectivity index is 1.34. The predicted octanol–water partition coefficient (Wildman–Crippen LogP) is 6.77. The fourth-order valence-electron chi connectivity index (χ4n) is 6.97. The van der Waals surface area contributed by atoms with E-state index in [4.69, 9.17) is 9.47 Å². The second kappa shape index (κ2) is 15.4. The number of nitrogens with one attached hydrogen (secondary N) is 1. The molecule has 0 saturated heterocycles. The molecule has 1 heterocycles. The normalized spacial score (nSPS) is 16.2. The number of halogens is 1. The van der Waals surface area contributed by atoms with Crippen molar-refractivity contribution in [2.24, 2.45) is 0 Å². The maximum atomic E-state index is 14.4. The molecule has 1 atom stereocenters. The van der Waals surface area contributed by atoms with Gasteiger partial charge in [0.15, 0.2) is 11.5 Å². The topological polar surface area (TPSA) is 111 Å². The molecule has 0 spiro atoms. The highest BCUT2D eigenvalue weighted by molar-refractivity contribution is 6.01. The second-order valence-corrected chi connectivity index (χ2v) is 12.7. The van der Waals surface area contributed by atoms with Crippen LogP contribution in [0.15, 0.2) is 66.7 Å². The van der Waals surface area contributed by atoms with Crippen molar-refractivity contribution in [1.29, 1.82) is 0 Å². The number of ether oxygens (including phenoxy) is 2. The average Bonchev–Trinajstić information content (AvgIpc) is 3.60. The first-order chi connectivity index (χ1) is 23.4. The summed E-state index contributed by atoms with van der Waals surface area (Å²) in [6.07, 6.45) is 11.0. The van der Waals surface area contributed by atoms with E-state index in [2.05, 4.69) is 32.9 Å². The number of amides is 2. The summed E-state index contributed by atoms with van der Waals surface area (Å²) in [4.78, 5) is 31.3. The quantitative estimate of drug-likeness (QED) is 0.190. The fourth-order valence-corrected chi connectivity index (χ4v) is 6.97. The zero-order valence-electron chi connectivity index (χ0n) is 27.6. The molecule has 3 aromatic carbocycles. The molecule has 2 saturated carbocycles. The predicted molar refractivity (Wildman–Crippen MR) is 180 cm³/mol. The van der Waals surface area contributed by atoms with E-state index < -0.39 is 17.8 Å². The van der Waals surface area contributed by atoms with Gasteiger partial charge >= 0.3 is 0 Å². The molecular formula is C37H43FN6O4. The fraction of sp³-hybridized carbons (Fsp3) is 0.432. The number of carbonyl (C=O) groups excluding carboxylic acids is 2. The Bertz CT molecular complexity index is 1680. The van der Waals surface area contributed by atoms with Gasteiger partial charge in [0.05, 0.1) is 14.2 Å². The van der Waals surface area contributed by atoms with Crippen molar-refractivity contribution >= 4 is 17.5 Å². The smallest absolute Gasteiger partial charge is 0.251 e. The van der Waals surface area contributed by atoms with E-state index in [9.17, 15) is 14.0 Å². The number of methoxy groups -OCH3 is 2. The Morgan fingerprint density at radius 3 is 2.21 bits per heavy atom. The number of benzene rings is 3. The van der Waals surface area contributed by atoms with Crippen molar-refractivity contribution in [3.8, 4) is 22.9 Å². The van der Waals surface area contributed by atoms with Gasteiger partial charge in [-0.15, -0.1) is 10.2 Å². The second-order valence-electron chi connectivity index (χ2n) is 12.7. The van der Waals surface area contributed by atoms with Crippen LogP contribution < -0.4 is 19.7 Å². The van der Waals surface area contributed by atoms with Crippen molar-refractivity contribution in [3.05, 3.63) is 83.7 Å². The van der Waals surface area contributed by atoms with Crippen LogP contribution in [0.25, 0.3) is 11.4 Å². The lowest BCUT2D eigenvalue weighted by Crippen LogP contribution is -2.48.